The third kappa shape index (κ3) is 5.92. The summed E-state index contributed by atoms with van der Waals surface area (Å²) in [5.41, 5.74) is 0.796. The summed E-state index contributed by atoms with van der Waals surface area (Å²) in [5, 5.41) is 0. The highest BCUT2D eigenvalue weighted by molar-refractivity contribution is 5.78. The molecule has 114 valence electrons. The van der Waals surface area contributed by atoms with Gasteiger partial charge in [-0.15, -0.1) is 13.2 Å². The van der Waals surface area contributed by atoms with Crippen LogP contribution in [0.15, 0.2) is 49.6 Å². The van der Waals surface area contributed by atoms with Crippen LogP contribution in [0.25, 0.3) is 0 Å². The minimum atomic E-state index is -0.282. The smallest absolute Gasteiger partial charge is 0.237 e. The van der Waals surface area contributed by atoms with Crippen molar-refractivity contribution in [2.75, 3.05) is 26.2 Å². The van der Waals surface area contributed by atoms with Gasteiger partial charge in [0.1, 0.15) is 5.82 Å². The van der Waals surface area contributed by atoms with Crippen molar-refractivity contribution in [3.8, 4) is 0 Å². The fraction of sp³-hybridized carbons (Fsp3) is 0.353. The zero-order chi connectivity index (χ0) is 15.7. The SMILES string of the molecule is C=CCN(CC=C)CC(=O)N(CC)Cc1cccc(F)c1. The summed E-state index contributed by atoms with van der Waals surface area (Å²) in [4.78, 5) is 16.0. The molecule has 0 heterocycles. The standard InChI is InChI=1S/C17H23FN2O/c1-4-10-19(11-5-2)14-17(21)20(6-3)13-15-8-7-9-16(18)12-15/h4-5,7-9,12H,1-2,6,10-11,13-14H2,3H3. The minimum Gasteiger partial charge on any atom is -0.338 e. The number of hydrogen-bond acceptors (Lipinski definition) is 2. The fourth-order valence-electron chi connectivity index (χ4n) is 2.09. The zero-order valence-electron chi connectivity index (χ0n) is 12.6. The van der Waals surface area contributed by atoms with Crippen molar-refractivity contribution in [2.24, 2.45) is 0 Å². The van der Waals surface area contributed by atoms with Crippen molar-refractivity contribution in [3.05, 3.63) is 61.0 Å². The van der Waals surface area contributed by atoms with Crippen LogP contribution in [0.1, 0.15) is 12.5 Å². The monoisotopic (exact) mass is 290 g/mol. The first-order valence-corrected chi connectivity index (χ1v) is 7.07. The summed E-state index contributed by atoms with van der Waals surface area (Å²) >= 11 is 0. The van der Waals surface area contributed by atoms with E-state index in [2.05, 4.69) is 13.2 Å². The topological polar surface area (TPSA) is 23.6 Å². The van der Waals surface area contributed by atoms with Gasteiger partial charge in [0, 0.05) is 26.2 Å². The van der Waals surface area contributed by atoms with E-state index in [-0.39, 0.29) is 11.7 Å². The third-order valence-corrected chi connectivity index (χ3v) is 3.13. The lowest BCUT2D eigenvalue weighted by molar-refractivity contribution is -0.132. The number of halogens is 1. The van der Waals surface area contributed by atoms with Gasteiger partial charge in [0.05, 0.1) is 6.54 Å². The molecule has 0 aliphatic rings. The van der Waals surface area contributed by atoms with Crippen molar-refractivity contribution in [1.82, 2.24) is 9.80 Å². The van der Waals surface area contributed by atoms with Crippen molar-refractivity contribution >= 4 is 5.91 Å². The van der Waals surface area contributed by atoms with E-state index in [4.69, 9.17) is 0 Å². The highest BCUT2D eigenvalue weighted by atomic mass is 19.1. The molecule has 21 heavy (non-hydrogen) atoms. The first-order chi connectivity index (χ1) is 10.1. The van der Waals surface area contributed by atoms with Gasteiger partial charge in [-0.2, -0.15) is 0 Å². The molecule has 0 radical (unpaired) electrons. The Labute approximate surface area is 126 Å². The van der Waals surface area contributed by atoms with Gasteiger partial charge in [0.25, 0.3) is 0 Å². The molecule has 4 heteroatoms. The number of carbonyl (C=O) groups is 1. The molecule has 0 saturated heterocycles. The predicted molar refractivity (Wildman–Crippen MR) is 84.3 cm³/mol. The Bertz CT molecular complexity index is 477. The summed E-state index contributed by atoms with van der Waals surface area (Å²) in [7, 11) is 0. The quantitative estimate of drug-likeness (QED) is 0.653. The van der Waals surface area contributed by atoms with E-state index in [1.165, 1.54) is 12.1 Å². The van der Waals surface area contributed by atoms with Gasteiger partial charge < -0.3 is 4.90 Å². The molecule has 0 aromatic heterocycles. The second-order valence-electron chi connectivity index (χ2n) is 4.81. The maximum Gasteiger partial charge on any atom is 0.237 e. The van der Waals surface area contributed by atoms with Gasteiger partial charge in [-0.3, -0.25) is 9.69 Å². The molecule has 0 aliphatic carbocycles. The molecule has 3 nitrogen and oxygen atoms in total. The number of rotatable bonds is 9. The van der Waals surface area contributed by atoms with Crippen LogP contribution >= 0.6 is 0 Å². The van der Waals surface area contributed by atoms with Crippen molar-refractivity contribution in [2.45, 2.75) is 13.5 Å². The second-order valence-corrected chi connectivity index (χ2v) is 4.81. The highest BCUT2D eigenvalue weighted by Crippen LogP contribution is 2.08. The lowest BCUT2D eigenvalue weighted by Gasteiger charge is -2.25. The van der Waals surface area contributed by atoms with E-state index >= 15 is 0 Å². The lowest BCUT2D eigenvalue weighted by Crippen LogP contribution is -2.40. The lowest BCUT2D eigenvalue weighted by atomic mass is 10.2. The number of hydrogen-bond donors (Lipinski definition) is 0. The van der Waals surface area contributed by atoms with E-state index in [0.717, 1.165) is 5.56 Å². The first-order valence-electron chi connectivity index (χ1n) is 7.07. The Hall–Kier alpha value is -1.94. The third-order valence-electron chi connectivity index (χ3n) is 3.13. The minimum absolute atomic E-state index is 0.0189. The van der Waals surface area contributed by atoms with E-state index in [1.54, 1.807) is 23.1 Å². The maximum atomic E-state index is 13.2. The molecule has 0 bridgehead atoms. The van der Waals surface area contributed by atoms with Gasteiger partial charge in [-0.05, 0) is 24.6 Å². The molecular formula is C17H23FN2O. The predicted octanol–water partition coefficient (Wildman–Crippen LogP) is 2.85. The average Bonchev–Trinajstić information content (AvgIpc) is 2.45. The van der Waals surface area contributed by atoms with Crippen LogP contribution < -0.4 is 0 Å². The first kappa shape index (κ1) is 17.1. The van der Waals surface area contributed by atoms with Crippen LogP contribution in [-0.2, 0) is 11.3 Å². The fourth-order valence-corrected chi connectivity index (χ4v) is 2.09. The Morgan fingerprint density at radius 1 is 1.29 bits per heavy atom. The summed E-state index contributed by atoms with van der Waals surface area (Å²) in [6.07, 6.45) is 3.53. The van der Waals surface area contributed by atoms with Crippen molar-refractivity contribution in [3.63, 3.8) is 0 Å². The number of likely N-dealkylation sites (N-methyl/N-ethyl adjacent to an activating group) is 1. The number of carbonyl (C=O) groups excluding carboxylic acids is 1. The van der Waals surface area contributed by atoms with Gasteiger partial charge in [0.15, 0.2) is 0 Å². The van der Waals surface area contributed by atoms with Crippen LogP contribution in [0.2, 0.25) is 0 Å². The summed E-state index contributed by atoms with van der Waals surface area (Å²) in [6, 6.07) is 6.34. The summed E-state index contributed by atoms with van der Waals surface area (Å²) in [5.74, 6) is -0.263. The average molecular weight is 290 g/mol. The molecule has 1 amide bonds. The molecule has 0 N–H and O–H groups in total. The Morgan fingerprint density at radius 3 is 2.48 bits per heavy atom. The van der Waals surface area contributed by atoms with Crippen LogP contribution in [-0.4, -0.2) is 41.9 Å². The van der Waals surface area contributed by atoms with Gasteiger partial charge >= 0.3 is 0 Å². The molecule has 0 unspecified atom stereocenters. The molecule has 0 spiro atoms. The van der Waals surface area contributed by atoms with Crippen molar-refractivity contribution in [1.29, 1.82) is 0 Å². The van der Waals surface area contributed by atoms with Crippen LogP contribution in [0.3, 0.4) is 0 Å². The zero-order valence-corrected chi connectivity index (χ0v) is 12.6. The van der Waals surface area contributed by atoms with Gasteiger partial charge in [-0.1, -0.05) is 24.3 Å². The molecule has 1 rings (SSSR count). The number of amides is 1. The normalized spacial score (nSPS) is 10.4. The van der Waals surface area contributed by atoms with Crippen LogP contribution in [0, 0.1) is 5.82 Å². The molecule has 1 aromatic rings. The van der Waals surface area contributed by atoms with Crippen molar-refractivity contribution < 1.29 is 9.18 Å². The Balaban J connectivity index is 2.67. The molecule has 0 fully saturated rings. The van der Waals surface area contributed by atoms with E-state index in [9.17, 15) is 9.18 Å². The second kappa shape index (κ2) is 9.08. The summed E-state index contributed by atoms with van der Waals surface area (Å²) < 4.78 is 13.2. The highest BCUT2D eigenvalue weighted by Gasteiger charge is 2.15. The van der Waals surface area contributed by atoms with Crippen LogP contribution in [0.4, 0.5) is 4.39 Å². The Morgan fingerprint density at radius 2 is 1.95 bits per heavy atom. The Kier molecular flexibility index (Phi) is 7.40. The molecule has 0 aliphatic heterocycles. The summed E-state index contributed by atoms with van der Waals surface area (Å²) in [6.45, 7) is 11.9. The van der Waals surface area contributed by atoms with Crippen LogP contribution in [0.5, 0.6) is 0 Å². The number of nitrogens with zero attached hydrogens (tertiary/aromatic N) is 2. The molecule has 0 saturated carbocycles. The van der Waals surface area contributed by atoms with E-state index in [0.29, 0.717) is 32.7 Å². The largest absolute Gasteiger partial charge is 0.338 e. The van der Waals surface area contributed by atoms with E-state index < -0.39 is 0 Å². The molecule has 0 atom stereocenters. The van der Waals surface area contributed by atoms with Gasteiger partial charge in [-0.25, -0.2) is 4.39 Å². The molecular weight excluding hydrogens is 267 g/mol. The van der Waals surface area contributed by atoms with E-state index in [1.807, 2.05) is 17.9 Å². The number of benzene rings is 1. The van der Waals surface area contributed by atoms with Gasteiger partial charge in [0.2, 0.25) is 5.91 Å². The maximum absolute atomic E-state index is 13.2. The molecule has 1 aromatic carbocycles.